The average Bonchev–Trinajstić information content (AvgIpc) is 3.22. The number of aryl methyl sites for hydroxylation is 1. The molecule has 0 unspecified atom stereocenters. The number of thiazole rings is 1. The molecule has 8 heteroatoms. The quantitative estimate of drug-likeness (QED) is 0.450. The minimum Gasteiger partial charge on any atom is -0.497 e. The van der Waals surface area contributed by atoms with E-state index in [0.717, 1.165) is 5.56 Å². The molecule has 0 saturated carbocycles. The van der Waals surface area contributed by atoms with Crippen molar-refractivity contribution in [3.05, 3.63) is 70.7 Å². The molecule has 31 heavy (non-hydrogen) atoms. The largest absolute Gasteiger partial charge is 0.497 e. The minimum absolute atomic E-state index is 0.0843. The SMILES string of the molecule is COc1ccc(N(C(C)=O)c2nc(/C=C(\C#N)C(=O)Nc3ccccc3C)cs2)cc1. The van der Waals surface area contributed by atoms with E-state index in [4.69, 9.17) is 4.74 Å². The van der Waals surface area contributed by atoms with E-state index in [1.54, 1.807) is 48.9 Å². The van der Waals surface area contributed by atoms with Gasteiger partial charge in [-0.3, -0.25) is 14.5 Å². The Morgan fingerprint density at radius 2 is 1.90 bits per heavy atom. The van der Waals surface area contributed by atoms with E-state index in [9.17, 15) is 14.9 Å². The van der Waals surface area contributed by atoms with Crippen LogP contribution in [-0.2, 0) is 9.59 Å². The topological polar surface area (TPSA) is 95.3 Å². The van der Waals surface area contributed by atoms with E-state index >= 15 is 0 Å². The Balaban J connectivity index is 1.85. The van der Waals surface area contributed by atoms with Gasteiger partial charge in [-0.15, -0.1) is 11.3 Å². The summed E-state index contributed by atoms with van der Waals surface area (Å²) in [6.07, 6.45) is 1.40. The van der Waals surface area contributed by atoms with Crippen molar-refractivity contribution in [2.24, 2.45) is 0 Å². The summed E-state index contributed by atoms with van der Waals surface area (Å²) in [5.74, 6) is -0.0638. The molecule has 156 valence electrons. The highest BCUT2D eigenvalue weighted by molar-refractivity contribution is 7.14. The van der Waals surface area contributed by atoms with Crippen LogP contribution >= 0.6 is 11.3 Å². The standard InChI is InChI=1S/C23H20N4O3S/c1-15-6-4-5-7-21(15)26-22(29)17(13-24)12-18-14-31-23(25-18)27(16(2)28)19-8-10-20(30-3)11-9-19/h4-12,14H,1-3H3,(H,26,29)/b17-12+. The molecule has 0 aliphatic heterocycles. The summed E-state index contributed by atoms with van der Waals surface area (Å²) in [5, 5.41) is 14.3. The molecule has 0 fully saturated rings. The predicted octanol–water partition coefficient (Wildman–Crippen LogP) is 4.69. The lowest BCUT2D eigenvalue weighted by Gasteiger charge is -2.18. The van der Waals surface area contributed by atoms with Crippen molar-refractivity contribution in [3.8, 4) is 11.8 Å². The van der Waals surface area contributed by atoms with Crippen molar-refractivity contribution in [1.82, 2.24) is 4.98 Å². The van der Waals surface area contributed by atoms with E-state index in [-0.39, 0.29) is 11.5 Å². The van der Waals surface area contributed by atoms with Gasteiger partial charge in [-0.1, -0.05) is 18.2 Å². The number of amides is 2. The number of anilines is 3. The number of ether oxygens (including phenoxy) is 1. The van der Waals surface area contributed by atoms with Crippen LogP contribution in [0.25, 0.3) is 6.08 Å². The Morgan fingerprint density at radius 3 is 2.52 bits per heavy atom. The zero-order valence-electron chi connectivity index (χ0n) is 17.2. The van der Waals surface area contributed by atoms with Crippen LogP contribution in [0.5, 0.6) is 5.75 Å². The molecule has 1 aromatic heterocycles. The Hall–Kier alpha value is -3.96. The van der Waals surface area contributed by atoms with Gasteiger partial charge in [-0.05, 0) is 48.9 Å². The smallest absolute Gasteiger partial charge is 0.266 e. The van der Waals surface area contributed by atoms with Crippen LogP contribution in [0, 0.1) is 18.3 Å². The predicted molar refractivity (Wildman–Crippen MR) is 121 cm³/mol. The number of benzene rings is 2. The van der Waals surface area contributed by atoms with Crippen molar-refractivity contribution in [2.45, 2.75) is 13.8 Å². The van der Waals surface area contributed by atoms with Crippen LogP contribution in [-0.4, -0.2) is 23.9 Å². The first-order valence-corrected chi connectivity index (χ1v) is 10.2. The van der Waals surface area contributed by atoms with E-state index < -0.39 is 5.91 Å². The first kappa shape index (κ1) is 21.7. The summed E-state index contributed by atoms with van der Waals surface area (Å²) in [4.78, 5) is 30.7. The van der Waals surface area contributed by atoms with Crippen molar-refractivity contribution >= 4 is 45.7 Å². The molecule has 0 aliphatic carbocycles. The Kier molecular flexibility index (Phi) is 6.80. The number of nitrogens with one attached hydrogen (secondary N) is 1. The number of nitriles is 1. The lowest BCUT2D eigenvalue weighted by Crippen LogP contribution is -2.22. The maximum atomic E-state index is 12.5. The molecule has 0 saturated heterocycles. The highest BCUT2D eigenvalue weighted by Crippen LogP contribution is 2.30. The fourth-order valence-corrected chi connectivity index (χ4v) is 3.65. The molecule has 1 heterocycles. The van der Waals surface area contributed by atoms with Gasteiger partial charge in [0.1, 0.15) is 17.4 Å². The van der Waals surface area contributed by atoms with Gasteiger partial charge >= 0.3 is 0 Å². The van der Waals surface area contributed by atoms with E-state index in [1.807, 2.05) is 25.1 Å². The number of carbonyl (C=O) groups excluding carboxylic acids is 2. The maximum Gasteiger partial charge on any atom is 0.266 e. The molecule has 0 bridgehead atoms. The molecule has 0 atom stereocenters. The van der Waals surface area contributed by atoms with Crippen LogP contribution in [0.4, 0.5) is 16.5 Å². The highest BCUT2D eigenvalue weighted by Gasteiger charge is 2.18. The monoisotopic (exact) mass is 432 g/mol. The third-order valence-electron chi connectivity index (χ3n) is 4.40. The molecule has 0 spiro atoms. The highest BCUT2D eigenvalue weighted by atomic mass is 32.1. The first-order chi connectivity index (χ1) is 14.9. The zero-order valence-corrected chi connectivity index (χ0v) is 18.1. The number of aromatic nitrogens is 1. The number of carbonyl (C=O) groups is 2. The van der Waals surface area contributed by atoms with Gasteiger partial charge in [0, 0.05) is 18.0 Å². The van der Waals surface area contributed by atoms with Crippen molar-refractivity contribution < 1.29 is 14.3 Å². The second-order valence-electron chi connectivity index (χ2n) is 6.55. The van der Waals surface area contributed by atoms with Crippen molar-refractivity contribution in [2.75, 3.05) is 17.3 Å². The molecular weight excluding hydrogens is 412 g/mol. The van der Waals surface area contributed by atoms with Gasteiger partial charge in [0.2, 0.25) is 5.91 Å². The van der Waals surface area contributed by atoms with E-state index in [2.05, 4.69) is 10.3 Å². The molecule has 3 rings (SSSR count). The molecule has 3 aromatic rings. The van der Waals surface area contributed by atoms with E-state index in [1.165, 1.54) is 29.2 Å². The minimum atomic E-state index is -0.523. The van der Waals surface area contributed by atoms with Crippen LogP contribution < -0.4 is 15.0 Å². The van der Waals surface area contributed by atoms with Gasteiger partial charge in [0.15, 0.2) is 5.13 Å². The first-order valence-electron chi connectivity index (χ1n) is 9.32. The molecule has 1 N–H and O–H groups in total. The molecule has 2 amide bonds. The fourth-order valence-electron chi connectivity index (χ4n) is 2.80. The number of nitrogens with zero attached hydrogens (tertiary/aromatic N) is 3. The second kappa shape index (κ2) is 9.69. The third-order valence-corrected chi connectivity index (χ3v) is 5.24. The zero-order chi connectivity index (χ0) is 22.4. The number of rotatable bonds is 6. The molecule has 2 aromatic carbocycles. The molecule has 7 nitrogen and oxygen atoms in total. The normalized spacial score (nSPS) is 10.8. The summed E-state index contributed by atoms with van der Waals surface area (Å²) in [6, 6.07) is 16.2. The lowest BCUT2D eigenvalue weighted by atomic mass is 10.2. The van der Waals surface area contributed by atoms with Crippen LogP contribution in [0.3, 0.4) is 0 Å². The summed E-state index contributed by atoms with van der Waals surface area (Å²) >= 11 is 1.24. The summed E-state index contributed by atoms with van der Waals surface area (Å²) in [6.45, 7) is 3.31. The van der Waals surface area contributed by atoms with Gasteiger partial charge in [-0.25, -0.2) is 4.98 Å². The second-order valence-corrected chi connectivity index (χ2v) is 7.38. The van der Waals surface area contributed by atoms with E-state index in [0.29, 0.717) is 27.9 Å². The Labute approximate surface area is 184 Å². The summed E-state index contributed by atoms with van der Waals surface area (Å²) in [7, 11) is 1.57. The van der Waals surface area contributed by atoms with Crippen LogP contribution in [0.1, 0.15) is 18.2 Å². The molecular formula is C23H20N4O3S. The van der Waals surface area contributed by atoms with Crippen molar-refractivity contribution in [3.63, 3.8) is 0 Å². The number of hydrogen-bond acceptors (Lipinski definition) is 6. The lowest BCUT2D eigenvalue weighted by molar-refractivity contribution is -0.116. The average molecular weight is 433 g/mol. The fraction of sp³-hybridized carbons (Fsp3) is 0.130. The van der Waals surface area contributed by atoms with Gasteiger partial charge < -0.3 is 10.1 Å². The Bertz CT molecular complexity index is 1180. The van der Waals surface area contributed by atoms with Gasteiger partial charge in [-0.2, -0.15) is 5.26 Å². The summed E-state index contributed by atoms with van der Waals surface area (Å²) in [5.41, 5.74) is 2.49. The number of para-hydroxylation sites is 1. The molecule has 0 aliphatic rings. The number of hydrogen-bond donors (Lipinski definition) is 1. The maximum absolute atomic E-state index is 12.5. The Morgan fingerprint density at radius 1 is 1.19 bits per heavy atom. The third kappa shape index (κ3) is 5.15. The number of methoxy groups -OCH3 is 1. The van der Waals surface area contributed by atoms with Gasteiger partial charge in [0.05, 0.1) is 18.5 Å². The van der Waals surface area contributed by atoms with Crippen molar-refractivity contribution in [1.29, 1.82) is 5.26 Å². The van der Waals surface area contributed by atoms with Gasteiger partial charge in [0.25, 0.3) is 5.91 Å². The van der Waals surface area contributed by atoms with Crippen LogP contribution in [0.2, 0.25) is 0 Å². The molecule has 0 radical (unpaired) electrons. The summed E-state index contributed by atoms with van der Waals surface area (Å²) < 4.78 is 5.15. The van der Waals surface area contributed by atoms with Crippen LogP contribution in [0.15, 0.2) is 59.5 Å².